The summed E-state index contributed by atoms with van der Waals surface area (Å²) in [6.07, 6.45) is -3.92. The van der Waals surface area contributed by atoms with Crippen molar-refractivity contribution < 1.29 is 27.5 Å². The second-order valence-corrected chi connectivity index (χ2v) is 5.85. The Morgan fingerprint density at radius 3 is 2.22 bits per heavy atom. The summed E-state index contributed by atoms with van der Waals surface area (Å²) in [6, 6.07) is 11.8. The molecule has 7 heteroatoms. The van der Waals surface area contributed by atoms with Gasteiger partial charge in [0.25, 0.3) is 0 Å². The second kappa shape index (κ2) is 9.21. The first kappa shape index (κ1) is 20.5. The van der Waals surface area contributed by atoms with E-state index in [2.05, 4.69) is 5.16 Å². The largest absolute Gasteiger partial charge is 0.486 e. The summed E-state index contributed by atoms with van der Waals surface area (Å²) in [5.74, 6) is 0.604. The van der Waals surface area contributed by atoms with Crippen molar-refractivity contribution in [3.8, 4) is 5.75 Å². The van der Waals surface area contributed by atoms with Crippen LogP contribution in [0.1, 0.15) is 37.0 Å². The Kier molecular flexibility index (Phi) is 6.98. The fourth-order valence-electron chi connectivity index (χ4n) is 2.10. The van der Waals surface area contributed by atoms with E-state index in [0.717, 1.165) is 17.7 Å². The van der Waals surface area contributed by atoms with Crippen molar-refractivity contribution in [2.75, 3.05) is 6.61 Å². The van der Waals surface area contributed by atoms with E-state index < -0.39 is 11.7 Å². The lowest BCUT2D eigenvalue weighted by Gasteiger charge is -2.08. The average Bonchev–Trinajstić information content (AvgIpc) is 2.66. The zero-order valence-corrected chi connectivity index (χ0v) is 15.0. The van der Waals surface area contributed by atoms with Crippen molar-refractivity contribution in [2.24, 2.45) is 5.16 Å². The number of rotatable bonds is 8. The van der Waals surface area contributed by atoms with E-state index in [-0.39, 0.29) is 19.0 Å². The molecule has 0 aliphatic rings. The third kappa shape index (κ3) is 6.44. The number of Topliss-reactive ketones (excluding diaryl/α,β-unsaturated/α-hetero) is 1. The molecule has 27 heavy (non-hydrogen) atoms. The Bertz CT molecular complexity index is 782. The number of halogens is 3. The summed E-state index contributed by atoms with van der Waals surface area (Å²) in [6.45, 7) is 3.64. The smallest absolute Gasteiger partial charge is 0.416 e. The molecule has 0 spiro atoms. The summed E-state index contributed by atoms with van der Waals surface area (Å²) in [5.41, 5.74) is 1.30. The van der Waals surface area contributed by atoms with Gasteiger partial charge in [0.1, 0.15) is 19.0 Å². The lowest BCUT2D eigenvalue weighted by atomic mass is 10.1. The van der Waals surface area contributed by atoms with E-state index in [4.69, 9.17) is 9.57 Å². The molecule has 0 aromatic heterocycles. The number of nitrogens with zero attached hydrogens (tertiary/aromatic N) is 1. The highest BCUT2D eigenvalue weighted by atomic mass is 19.4. The van der Waals surface area contributed by atoms with E-state index in [1.165, 1.54) is 12.1 Å². The van der Waals surface area contributed by atoms with E-state index in [0.29, 0.717) is 23.4 Å². The van der Waals surface area contributed by atoms with Gasteiger partial charge >= 0.3 is 6.18 Å². The first-order chi connectivity index (χ1) is 12.8. The molecular weight excluding hydrogens is 359 g/mol. The van der Waals surface area contributed by atoms with Crippen LogP contribution in [0.15, 0.2) is 53.7 Å². The molecular formula is C20H20F3NO3. The molecule has 0 fully saturated rings. The Balaban J connectivity index is 1.89. The third-order valence-corrected chi connectivity index (χ3v) is 3.78. The van der Waals surface area contributed by atoms with Gasteiger partial charge in [-0.2, -0.15) is 13.2 Å². The Labute approximate surface area is 155 Å². The number of benzene rings is 2. The van der Waals surface area contributed by atoms with E-state index in [9.17, 15) is 18.0 Å². The maximum Gasteiger partial charge on any atom is 0.416 e. The van der Waals surface area contributed by atoms with Crippen LogP contribution in [0.2, 0.25) is 0 Å². The van der Waals surface area contributed by atoms with Crippen molar-refractivity contribution in [3.05, 3.63) is 65.2 Å². The molecule has 0 saturated heterocycles. The number of carbonyl (C=O) groups is 1. The standard InChI is InChI=1S/C20H20F3NO3/c1-3-18(25)13-26-19-10-6-16(7-11-19)14(2)24-27-12-15-4-8-17(9-5-15)20(21,22)23/h4-11H,3,12-13H2,1-2H3/b24-14+. The van der Waals surface area contributed by atoms with Crippen LogP contribution in [-0.2, 0) is 22.4 Å². The quantitative estimate of drug-likeness (QED) is 0.479. The van der Waals surface area contributed by atoms with Gasteiger partial charge < -0.3 is 9.57 Å². The van der Waals surface area contributed by atoms with Gasteiger partial charge in [-0.25, -0.2) is 0 Å². The molecule has 2 rings (SSSR count). The number of hydrogen-bond acceptors (Lipinski definition) is 4. The third-order valence-electron chi connectivity index (χ3n) is 3.78. The van der Waals surface area contributed by atoms with Crippen molar-refractivity contribution in [1.82, 2.24) is 0 Å². The van der Waals surface area contributed by atoms with E-state index in [1.807, 2.05) is 0 Å². The lowest BCUT2D eigenvalue weighted by Crippen LogP contribution is -2.09. The lowest BCUT2D eigenvalue weighted by molar-refractivity contribution is -0.137. The molecule has 0 N–H and O–H groups in total. The molecule has 0 bridgehead atoms. The summed E-state index contributed by atoms with van der Waals surface area (Å²) in [4.78, 5) is 16.5. The summed E-state index contributed by atoms with van der Waals surface area (Å²) in [5, 5.41) is 3.98. The van der Waals surface area contributed by atoms with Crippen LogP contribution in [0.5, 0.6) is 5.75 Å². The zero-order valence-electron chi connectivity index (χ0n) is 15.0. The van der Waals surface area contributed by atoms with Crippen molar-refractivity contribution >= 4 is 11.5 Å². The molecule has 0 radical (unpaired) electrons. The molecule has 0 aliphatic heterocycles. The highest BCUT2D eigenvalue weighted by Crippen LogP contribution is 2.29. The summed E-state index contributed by atoms with van der Waals surface area (Å²) >= 11 is 0. The average molecular weight is 379 g/mol. The SMILES string of the molecule is CCC(=O)COc1ccc(/C(C)=N/OCc2ccc(C(F)(F)F)cc2)cc1. The second-order valence-electron chi connectivity index (χ2n) is 5.85. The van der Waals surface area contributed by atoms with Crippen LogP contribution in [0.4, 0.5) is 13.2 Å². The predicted molar refractivity (Wildman–Crippen MR) is 95.7 cm³/mol. The molecule has 0 amide bonds. The monoisotopic (exact) mass is 379 g/mol. The van der Waals surface area contributed by atoms with Gasteiger partial charge in [0, 0.05) is 6.42 Å². The number of ether oxygens (including phenoxy) is 1. The molecule has 0 heterocycles. The van der Waals surface area contributed by atoms with Crippen LogP contribution in [0.3, 0.4) is 0 Å². The Hall–Kier alpha value is -2.83. The summed E-state index contributed by atoms with van der Waals surface area (Å²) in [7, 11) is 0. The fraction of sp³-hybridized carbons (Fsp3) is 0.300. The molecule has 0 saturated carbocycles. The van der Waals surface area contributed by atoms with Crippen LogP contribution >= 0.6 is 0 Å². The van der Waals surface area contributed by atoms with Crippen LogP contribution in [-0.4, -0.2) is 18.1 Å². The van der Waals surface area contributed by atoms with Gasteiger partial charge in [-0.15, -0.1) is 0 Å². The maximum absolute atomic E-state index is 12.5. The molecule has 2 aromatic rings. The van der Waals surface area contributed by atoms with Crippen molar-refractivity contribution in [3.63, 3.8) is 0 Å². The molecule has 0 atom stereocenters. The number of carbonyl (C=O) groups excluding carboxylic acids is 1. The minimum atomic E-state index is -4.35. The molecule has 0 aliphatic carbocycles. The molecule has 0 unspecified atom stereocenters. The van der Waals surface area contributed by atoms with E-state index in [1.54, 1.807) is 38.1 Å². The van der Waals surface area contributed by atoms with E-state index >= 15 is 0 Å². The Morgan fingerprint density at radius 2 is 1.67 bits per heavy atom. The number of oxime groups is 1. The molecule has 4 nitrogen and oxygen atoms in total. The minimum Gasteiger partial charge on any atom is -0.486 e. The predicted octanol–water partition coefficient (Wildman–Crippen LogP) is 5.00. The van der Waals surface area contributed by atoms with Gasteiger partial charge in [0.2, 0.25) is 0 Å². The minimum absolute atomic E-state index is 0.0217. The first-order valence-corrected chi connectivity index (χ1v) is 8.37. The number of alkyl halides is 3. The highest BCUT2D eigenvalue weighted by Gasteiger charge is 2.29. The molecule has 2 aromatic carbocycles. The van der Waals surface area contributed by atoms with Gasteiger partial charge in [0.15, 0.2) is 5.78 Å². The van der Waals surface area contributed by atoms with Gasteiger partial charge in [0.05, 0.1) is 11.3 Å². The normalized spacial score (nSPS) is 12.0. The van der Waals surface area contributed by atoms with Crippen molar-refractivity contribution in [2.45, 2.75) is 33.1 Å². The van der Waals surface area contributed by atoms with Crippen LogP contribution in [0, 0.1) is 0 Å². The fourth-order valence-corrected chi connectivity index (χ4v) is 2.10. The van der Waals surface area contributed by atoms with Crippen LogP contribution in [0.25, 0.3) is 0 Å². The molecule has 144 valence electrons. The Morgan fingerprint density at radius 1 is 1.04 bits per heavy atom. The summed E-state index contributed by atoms with van der Waals surface area (Å²) < 4.78 is 42.9. The first-order valence-electron chi connectivity index (χ1n) is 8.37. The van der Waals surface area contributed by atoms with Gasteiger partial charge in [-0.05, 0) is 54.4 Å². The van der Waals surface area contributed by atoms with Crippen LogP contribution < -0.4 is 4.74 Å². The van der Waals surface area contributed by atoms with Gasteiger partial charge in [-0.3, -0.25) is 4.79 Å². The van der Waals surface area contributed by atoms with Gasteiger partial charge in [-0.1, -0.05) is 24.2 Å². The zero-order chi connectivity index (χ0) is 19.9. The maximum atomic E-state index is 12.5. The van der Waals surface area contributed by atoms with Crippen molar-refractivity contribution in [1.29, 1.82) is 0 Å². The number of ketones is 1. The topological polar surface area (TPSA) is 47.9 Å². The highest BCUT2D eigenvalue weighted by molar-refractivity contribution is 5.98. The number of hydrogen-bond donors (Lipinski definition) is 0.